The Kier molecular flexibility index (Phi) is 6.40. The summed E-state index contributed by atoms with van der Waals surface area (Å²) in [5.74, 6) is -0.895. The van der Waals surface area contributed by atoms with Crippen LogP contribution >= 0.6 is 0 Å². The van der Waals surface area contributed by atoms with Crippen molar-refractivity contribution < 1.29 is 14.7 Å². The van der Waals surface area contributed by atoms with Crippen LogP contribution in [0.4, 0.5) is 5.69 Å². The molecule has 0 heterocycles. The Bertz CT molecular complexity index is 524. The molecule has 0 atom stereocenters. The molecule has 0 radical (unpaired) electrons. The van der Waals surface area contributed by atoms with Gasteiger partial charge in [-0.3, -0.25) is 9.59 Å². The van der Waals surface area contributed by atoms with Crippen LogP contribution < -0.4 is 10.2 Å². The third-order valence-corrected chi connectivity index (χ3v) is 3.51. The molecular formula is C17H26N2O3. The number of aliphatic carboxylic acids is 1. The fraction of sp³-hybridized carbons (Fsp3) is 0.529. The topological polar surface area (TPSA) is 69.6 Å². The van der Waals surface area contributed by atoms with Gasteiger partial charge in [0.1, 0.15) is 0 Å². The van der Waals surface area contributed by atoms with E-state index in [4.69, 9.17) is 5.11 Å². The average Bonchev–Trinajstić information content (AvgIpc) is 2.43. The lowest BCUT2D eigenvalue weighted by atomic mass is 9.98. The smallest absolute Gasteiger partial charge is 0.303 e. The number of rotatable bonds is 8. The van der Waals surface area contributed by atoms with Crippen LogP contribution in [0, 0.1) is 0 Å². The molecule has 0 bridgehead atoms. The number of carbonyl (C=O) groups is 2. The summed E-state index contributed by atoms with van der Waals surface area (Å²) in [5, 5.41) is 11.6. The number of hydrogen-bond donors (Lipinski definition) is 2. The molecule has 0 aliphatic heterocycles. The maximum atomic E-state index is 12.0. The van der Waals surface area contributed by atoms with Crippen LogP contribution in [0.1, 0.15) is 38.7 Å². The van der Waals surface area contributed by atoms with Crippen LogP contribution in [-0.2, 0) is 16.0 Å². The number of carboxylic acid groups (broad SMARTS) is 1. The Morgan fingerprint density at radius 1 is 1.23 bits per heavy atom. The molecule has 0 saturated heterocycles. The van der Waals surface area contributed by atoms with E-state index in [9.17, 15) is 9.59 Å². The highest BCUT2D eigenvalue weighted by Crippen LogP contribution is 2.15. The predicted molar refractivity (Wildman–Crippen MR) is 88.2 cm³/mol. The van der Waals surface area contributed by atoms with E-state index in [1.165, 1.54) is 0 Å². The molecule has 0 unspecified atom stereocenters. The Balaban J connectivity index is 2.49. The van der Waals surface area contributed by atoms with Crippen LogP contribution in [0.2, 0.25) is 0 Å². The summed E-state index contributed by atoms with van der Waals surface area (Å²) in [6.07, 6.45) is 1.54. The van der Waals surface area contributed by atoms with Gasteiger partial charge < -0.3 is 15.3 Å². The Morgan fingerprint density at radius 2 is 1.91 bits per heavy atom. The first-order valence-electron chi connectivity index (χ1n) is 7.49. The van der Waals surface area contributed by atoms with Crippen molar-refractivity contribution in [2.75, 3.05) is 19.0 Å². The lowest BCUT2D eigenvalue weighted by molar-refractivity contribution is -0.137. The third-order valence-electron chi connectivity index (χ3n) is 3.51. The summed E-state index contributed by atoms with van der Waals surface area (Å²) in [7, 11) is 3.97. The maximum absolute atomic E-state index is 12.0. The highest BCUT2D eigenvalue weighted by Gasteiger charge is 2.21. The van der Waals surface area contributed by atoms with Gasteiger partial charge in [0.2, 0.25) is 5.91 Å². The van der Waals surface area contributed by atoms with Gasteiger partial charge in [-0.25, -0.2) is 0 Å². The molecular weight excluding hydrogens is 280 g/mol. The molecule has 1 aromatic carbocycles. The molecule has 22 heavy (non-hydrogen) atoms. The molecule has 0 saturated carbocycles. The van der Waals surface area contributed by atoms with Crippen molar-refractivity contribution in [1.29, 1.82) is 0 Å². The molecule has 0 aliphatic carbocycles. The number of anilines is 1. The first-order valence-corrected chi connectivity index (χ1v) is 7.49. The second-order valence-corrected chi connectivity index (χ2v) is 6.39. The van der Waals surface area contributed by atoms with Crippen molar-refractivity contribution >= 4 is 17.6 Å². The highest BCUT2D eigenvalue weighted by atomic mass is 16.4. The molecule has 0 fully saturated rings. The van der Waals surface area contributed by atoms with Crippen LogP contribution in [-0.4, -0.2) is 36.6 Å². The van der Waals surface area contributed by atoms with Gasteiger partial charge in [0.05, 0.1) is 0 Å². The van der Waals surface area contributed by atoms with Crippen LogP contribution in [0.15, 0.2) is 24.3 Å². The van der Waals surface area contributed by atoms with Gasteiger partial charge in [-0.05, 0) is 44.4 Å². The zero-order valence-electron chi connectivity index (χ0n) is 13.8. The molecule has 1 amide bonds. The fourth-order valence-corrected chi connectivity index (χ4v) is 2.17. The zero-order chi connectivity index (χ0) is 16.8. The third kappa shape index (κ3) is 6.61. The number of aryl methyl sites for hydroxylation is 1. The van der Waals surface area contributed by atoms with Gasteiger partial charge in [-0.1, -0.05) is 12.1 Å². The maximum Gasteiger partial charge on any atom is 0.303 e. The van der Waals surface area contributed by atoms with Gasteiger partial charge in [0.15, 0.2) is 0 Å². The Hall–Kier alpha value is -2.04. The van der Waals surface area contributed by atoms with Gasteiger partial charge in [-0.15, -0.1) is 0 Å². The quantitative estimate of drug-likeness (QED) is 0.774. The molecule has 5 heteroatoms. The number of carboxylic acids is 1. The second-order valence-electron chi connectivity index (χ2n) is 6.39. The predicted octanol–water partition coefficient (Wildman–Crippen LogP) is 2.44. The molecule has 0 spiro atoms. The second kappa shape index (κ2) is 7.82. The van der Waals surface area contributed by atoms with Crippen molar-refractivity contribution in [2.45, 2.75) is 45.1 Å². The first-order chi connectivity index (χ1) is 10.2. The molecule has 122 valence electrons. The molecule has 5 nitrogen and oxygen atoms in total. The standard InChI is InChI=1S/C17H26N2O3/c1-17(2,11-10-16(21)22)18-15(20)9-8-13-6-5-7-14(12-13)19(3)4/h5-7,12H,8-11H2,1-4H3,(H,18,20)(H,21,22). The van der Waals surface area contributed by atoms with Gasteiger partial charge in [0, 0.05) is 38.2 Å². The van der Waals surface area contributed by atoms with E-state index >= 15 is 0 Å². The largest absolute Gasteiger partial charge is 0.481 e. The number of amides is 1. The molecule has 0 aromatic heterocycles. The van der Waals surface area contributed by atoms with Crippen molar-refractivity contribution in [1.82, 2.24) is 5.32 Å². The monoisotopic (exact) mass is 306 g/mol. The highest BCUT2D eigenvalue weighted by molar-refractivity contribution is 5.77. The van der Waals surface area contributed by atoms with E-state index < -0.39 is 11.5 Å². The van der Waals surface area contributed by atoms with Crippen LogP contribution in [0.5, 0.6) is 0 Å². The van der Waals surface area contributed by atoms with Crippen molar-refractivity contribution in [3.8, 4) is 0 Å². The van der Waals surface area contributed by atoms with Crippen LogP contribution in [0.3, 0.4) is 0 Å². The van der Waals surface area contributed by atoms with E-state index in [1.807, 2.05) is 51.0 Å². The number of benzene rings is 1. The summed E-state index contributed by atoms with van der Waals surface area (Å²) in [6, 6.07) is 8.09. The summed E-state index contributed by atoms with van der Waals surface area (Å²) < 4.78 is 0. The Morgan fingerprint density at radius 3 is 2.50 bits per heavy atom. The Labute approximate surface area is 132 Å². The number of hydrogen-bond acceptors (Lipinski definition) is 3. The van der Waals surface area contributed by atoms with E-state index in [1.54, 1.807) is 0 Å². The number of carbonyl (C=O) groups excluding carboxylic acids is 1. The van der Waals surface area contributed by atoms with E-state index in [0.717, 1.165) is 11.3 Å². The van der Waals surface area contributed by atoms with Crippen molar-refractivity contribution in [3.05, 3.63) is 29.8 Å². The van der Waals surface area contributed by atoms with Gasteiger partial charge in [-0.2, -0.15) is 0 Å². The van der Waals surface area contributed by atoms with E-state index in [-0.39, 0.29) is 12.3 Å². The SMILES string of the molecule is CN(C)c1cccc(CCC(=O)NC(C)(C)CCC(=O)O)c1. The minimum atomic E-state index is -0.845. The number of nitrogens with one attached hydrogen (secondary N) is 1. The zero-order valence-corrected chi connectivity index (χ0v) is 13.8. The van der Waals surface area contributed by atoms with Crippen molar-refractivity contribution in [2.24, 2.45) is 0 Å². The molecule has 1 rings (SSSR count). The average molecular weight is 306 g/mol. The van der Waals surface area contributed by atoms with Crippen molar-refractivity contribution in [3.63, 3.8) is 0 Å². The lowest BCUT2D eigenvalue weighted by Gasteiger charge is -2.25. The molecule has 2 N–H and O–H groups in total. The molecule has 0 aliphatic rings. The van der Waals surface area contributed by atoms with Gasteiger partial charge >= 0.3 is 5.97 Å². The normalized spacial score (nSPS) is 11.1. The first kappa shape index (κ1) is 18.0. The van der Waals surface area contributed by atoms with Crippen LogP contribution in [0.25, 0.3) is 0 Å². The fourth-order valence-electron chi connectivity index (χ4n) is 2.17. The summed E-state index contributed by atoms with van der Waals surface area (Å²) in [6.45, 7) is 3.70. The minimum absolute atomic E-state index is 0.0503. The summed E-state index contributed by atoms with van der Waals surface area (Å²) in [5.41, 5.74) is 1.73. The van der Waals surface area contributed by atoms with Gasteiger partial charge in [0.25, 0.3) is 0 Å². The molecule has 1 aromatic rings. The summed E-state index contributed by atoms with van der Waals surface area (Å²) in [4.78, 5) is 24.7. The van der Waals surface area contributed by atoms with E-state index in [0.29, 0.717) is 19.3 Å². The van der Waals surface area contributed by atoms with E-state index in [2.05, 4.69) is 11.4 Å². The summed E-state index contributed by atoms with van der Waals surface area (Å²) >= 11 is 0. The lowest BCUT2D eigenvalue weighted by Crippen LogP contribution is -2.43. The number of nitrogens with zero attached hydrogens (tertiary/aromatic N) is 1. The minimum Gasteiger partial charge on any atom is -0.481 e.